The number of nitrogens with zero attached hydrogens (tertiary/aromatic N) is 1. The normalized spacial score (nSPS) is 15.0. The molecule has 0 saturated carbocycles. The summed E-state index contributed by atoms with van der Waals surface area (Å²) in [5, 5.41) is 5.38. The van der Waals surface area contributed by atoms with Gasteiger partial charge in [-0.3, -0.25) is 9.59 Å². The number of amides is 2. The molecule has 0 aliphatic carbocycles. The van der Waals surface area contributed by atoms with Crippen LogP contribution in [-0.2, 0) is 4.79 Å². The van der Waals surface area contributed by atoms with Gasteiger partial charge in [-0.25, -0.2) is 0 Å². The van der Waals surface area contributed by atoms with Crippen molar-refractivity contribution in [3.05, 3.63) is 90.0 Å². The van der Waals surface area contributed by atoms with E-state index in [-0.39, 0.29) is 17.9 Å². The van der Waals surface area contributed by atoms with Gasteiger partial charge in [-0.15, -0.1) is 0 Å². The minimum absolute atomic E-state index is 0.0192. The van der Waals surface area contributed by atoms with Crippen molar-refractivity contribution in [3.63, 3.8) is 0 Å². The lowest BCUT2D eigenvalue weighted by atomic mass is 10.0. The van der Waals surface area contributed by atoms with E-state index in [9.17, 15) is 9.59 Å². The number of nitrogens with one attached hydrogen (secondary N) is 1. The Labute approximate surface area is 170 Å². The van der Waals surface area contributed by atoms with Crippen LogP contribution in [0.3, 0.4) is 0 Å². The first-order valence-electron chi connectivity index (χ1n) is 10.0. The molecule has 3 aromatic carbocycles. The molecule has 4 heteroatoms. The molecule has 3 aromatic rings. The smallest absolute Gasteiger partial charge is 0.251 e. The van der Waals surface area contributed by atoms with Gasteiger partial charge in [-0.1, -0.05) is 60.7 Å². The summed E-state index contributed by atoms with van der Waals surface area (Å²) in [5.74, 6) is -0.0306. The summed E-state index contributed by atoms with van der Waals surface area (Å²) in [7, 11) is 0. The highest BCUT2D eigenvalue weighted by atomic mass is 16.2. The van der Waals surface area contributed by atoms with E-state index in [0.29, 0.717) is 18.7 Å². The number of hydrogen-bond acceptors (Lipinski definition) is 2. The number of carbonyl (C=O) groups is 2. The predicted molar refractivity (Wildman–Crippen MR) is 116 cm³/mol. The van der Waals surface area contributed by atoms with Crippen molar-refractivity contribution < 1.29 is 9.59 Å². The second-order valence-corrected chi connectivity index (χ2v) is 7.34. The average Bonchev–Trinajstić information content (AvgIpc) is 2.78. The molecule has 0 unspecified atom stereocenters. The zero-order valence-electron chi connectivity index (χ0n) is 16.3. The summed E-state index contributed by atoms with van der Waals surface area (Å²) < 4.78 is 0. The molecule has 146 valence electrons. The zero-order valence-corrected chi connectivity index (χ0v) is 16.3. The maximum atomic E-state index is 12.6. The van der Waals surface area contributed by atoms with Gasteiger partial charge in [0.05, 0.1) is 0 Å². The molecule has 1 aliphatic heterocycles. The minimum Gasteiger partial charge on any atom is -0.349 e. The summed E-state index contributed by atoms with van der Waals surface area (Å²) >= 11 is 0. The Kier molecular flexibility index (Phi) is 5.71. The molecule has 1 heterocycles. The van der Waals surface area contributed by atoms with E-state index in [0.717, 1.165) is 29.2 Å². The summed E-state index contributed by atoms with van der Waals surface area (Å²) in [6.45, 7) is 1.30. The second kappa shape index (κ2) is 8.74. The molecule has 0 spiro atoms. The van der Waals surface area contributed by atoms with Crippen molar-refractivity contribution in [2.75, 3.05) is 13.1 Å². The minimum atomic E-state index is -0.0498. The van der Waals surface area contributed by atoms with E-state index in [1.807, 2.05) is 65.6 Å². The molecular weight excluding hydrogens is 360 g/mol. The first kappa shape index (κ1) is 18.9. The molecule has 0 atom stereocenters. The first-order chi connectivity index (χ1) is 14.2. The van der Waals surface area contributed by atoms with Crippen LogP contribution in [0.1, 0.15) is 28.8 Å². The quantitative estimate of drug-likeness (QED) is 0.683. The Bertz CT molecular complexity index is 1030. The fraction of sp³-hybridized carbons (Fsp3) is 0.200. The summed E-state index contributed by atoms with van der Waals surface area (Å²) in [4.78, 5) is 26.8. The van der Waals surface area contributed by atoms with Crippen LogP contribution in [0.2, 0.25) is 0 Å². The van der Waals surface area contributed by atoms with Crippen molar-refractivity contribution in [2.45, 2.75) is 18.9 Å². The number of piperidine rings is 1. The van der Waals surface area contributed by atoms with Gasteiger partial charge in [0, 0.05) is 30.8 Å². The van der Waals surface area contributed by atoms with Crippen molar-refractivity contribution in [1.82, 2.24) is 10.2 Å². The number of benzene rings is 3. The SMILES string of the molecule is O=C(NC1CCN(C(=O)/C=C/c2cccc3ccccc23)CC1)c1ccccc1. The fourth-order valence-electron chi connectivity index (χ4n) is 3.76. The standard InChI is InChI=1S/C25H24N2O2/c28-24(14-13-20-11-6-10-19-7-4-5-12-23(19)20)27-17-15-22(16-18-27)26-25(29)21-8-2-1-3-9-21/h1-14,22H,15-18H2,(H,26,29)/b14-13+. The van der Waals surface area contributed by atoms with E-state index < -0.39 is 0 Å². The molecular formula is C25H24N2O2. The first-order valence-corrected chi connectivity index (χ1v) is 10.0. The van der Waals surface area contributed by atoms with Crippen LogP contribution in [0, 0.1) is 0 Å². The van der Waals surface area contributed by atoms with Crippen LogP contribution in [0.5, 0.6) is 0 Å². The maximum Gasteiger partial charge on any atom is 0.251 e. The van der Waals surface area contributed by atoms with Crippen LogP contribution >= 0.6 is 0 Å². The third kappa shape index (κ3) is 4.54. The van der Waals surface area contributed by atoms with Gasteiger partial charge in [0.25, 0.3) is 5.91 Å². The van der Waals surface area contributed by atoms with Crippen LogP contribution in [0.4, 0.5) is 0 Å². The van der Waals surface area contributed by atoms with E-state index in [1.165, 1.54) is 0 Å². The van der Waals surface area contributed by atoms with Crippen molar-refractivity contribution in [1.29, 1.82) is 0 Å². The van der Waals surface area contributed by atoms with Gasteiger partial charge >= 0.3 is 0 Å². The lowest BCUT2D eigenvalue weighted by Crippen LogP contribution is -2.46. The molecule has 0 bridgehead atoms. The third-order valence-corrected chi connectivity index (χ3v) is 5.41. The van der Waals surface area contributed by atoms with E-state index in [4.69, 9.17) is 0 Å². The summed E-state index contributed by atoms with van der Waals surface area (Å²) in [5.41, 5.74) is 1.71. The number of likely N-dealkylation sites (tertiary alicyclic amines) is 1. The highest BCUT2D eigenvalue weighted by Gasteiger charge is 2.23. The topological polar surface area (TPSA) is 49.4 Å². The number of rotatable bonds is 4. The van der Waals surface area contributed by atoms with Crippen molar-refractivity contribution in [3.8, 4) is 0 Å². The molecule has 0 radical (unpaired) electrons. The lowest BCUT2D eigenvalue weighted by Gasteiger charge is -2.31. The van der Waals surface area contributed by atoms with Crippen LogP contribution in [0.25, 0.3) is 16.8 Å². The molecule has 29 heavy (non-hydrogen) atoms. The molecule has 4 rings (SSSR count). The van der Waals surface area contributed by atoms with Gasteiger partial charge in [0.2, 0.25) is 5.91 Å². The van der Waals surface area contributed by atoms with E-state index >= 15 is 0 Å². The Hall–Kier alpha value is -3.40. The lowest BCUT2D eigenvalue weighted by molar-refractivity contribution is -0.126. The molecule has 0 aromatic heterocycles. The highest BCUT2D eigenvalue weighted by molar-refractivity contribution is 5.97. The molecule has 2 amide bonds. The maximum absolute atomic E-state index is 12.6. The number of fused-ring (bicyclic) bond motifs is 1. The molecule has 1 fully saturated rings. The van der Waals surface area contributed by atoms with Crippen LogP contribution < -0.4 is 5.32 Å². The Morgan fingerprint density at radius 1 is 0.862 bits per heavy atom. The van der Waals surface area contributed by atoms with Crippen LogP contribution in [0.15, 0.2) is 78.9 Å². The average molecular weight is 384 g/mol. The van der Waals surface area contributed by atoms with Gasteiger partial charge < -0.3 is 10.2 Å². The van der Waals surface area contributed by atoms with Crippen LogP contribution in [-0.4, -0.2) is 35.8 Å². The molecule has 1 N–H and O–H groups in total. The zero-order chi connectivity index (χ0) is 20.1. The number of carbonyl (C=O) groups excluding carboxylic acids is 2. The van der Waals surface area contributed by atoms with Gasteiger partial charge in [-0.05, 0) is 47.4 Å². The second-order valence-electron chi connectivity index (χ2n) is 7.34. The monoisotopic (exact) mass is 384 g/mol. The summed E-state index contributed by atoms with van der Waals surface area (Å²) in [6, 6.07) is 23.6. The van der Waals surface area contributed by atoms with E-state index in [2.05, 4.69) is 23.5 Å². The molecule has 1 aliphatic rings. The highest BCUT2D eigenvalue weighted by Crippen LogP contribution is 2.20. The van der Waals surface area contributed by atoms with Crippen molar-refractivity contribution >= 4 is 28.7 Å². The number of hydrogen-bond donors (Lipinski definition) is 1. The largest absolute Gasteiger partial charge is 0.349 e. The predicted octanol–water partition coefficient (Wildman–Crippen LogP) is 4.27. The van der Waals surface area contributed by atoms with Gasteiger partial charge in [0.1, 0.15) is 0 Å². The summed E-state index contributed by atoms with van der Waals surface area (Å²) in [6.07, 6.45) is 5.09. The fourth-order valence-corrected chi connectivity index (χ4v) is 3.76. The van der Waals surface area contributed by atoms with Gasteiger partial charge in [0.15, 0.2) is 0 Å². The van der Waals surface area contributed by atoms with Crippen molar-refractivity contribution in [2.24, 2.45) is 0 Å². The Morgan fingerprint density at radius 3 is 2.34 bits per heavy atom. The van der Waals surface area contributed by atoms with Gasteiger partial charge in [-0.2, -0.15) is 0 Å². The molecule has 1 saturated heterocycles. The molecule has 4 nitrogen and oxygen atoms in total. The van der Waals surface area contributed by atoms with E-state index in [1.54, 1.807) is 6.08 Å². The third-order valence-electron chi connectivity index (χ3n) is 5.41. The Balaban J connectivity index is 1.33. The Morgan fingerprint density at radius 2 is 1.55 bits per heavy atom.